The van der Waals surface area contributed by atoms with Gasteiger partial charge in [-0.05, 0) is 44.4 Å². The van der Waals surface area contributed by atoms with Crippen LogP contribution in [0.3, 0.4) is 0 Å². The van der Waals surface area contributed by atoms with Gasteiger partial charge in [-0.1, -0.05) is 12.1 Å². The Hall–Kier alpha value is -1.88. The third-order valence-electron chi connectivity index (χ3n) is 3.94. The Balaban J connectivity index is 1.82. The van der Waals surface area contributed by atoms with Gasteiger partial charge in [0.15, 0.2) is 0 Å². The zero-order chi connectivity index (χ0) is 14.8. The fourth-order valence-electron chi connectivity index (χ4n) is 2.61. The predicted octanol–water partition coefficient (Wildman–Crippen LogP) is 2.49. The van der Waals surface area contributed by atoms with Gasteiger partial charge in [0, 0.05) is 24.3 Å². The van der Waals surface area contributed by atoms with Gasteiger partial charge >= 0.3 is 0 Å². The number of nitrogens with two attached hydrogens (primary N) is 1. The molecule has 1 aromatic heterocycles. The van der Waals surface area contributed by atoms with Gasteiger partial charge in [0.25, 0.3) is 0 Å². The number of hydrogen-bond donors (Lipinski definition) is 1. The van der Waals surface area contributed by atoms with Crippen molar-refractivity contribution >= 4 is 5.69 Å². The van der Waals surface area contributed by atoms with E-state index in [2.05, 4.69) is 53.1 Å². The minimum absolute atomic E-state index is 0.336. The molecule has 1 aliphatic rings. The monoisotopic (exact) mass is 285 g/mol. The van der Waals surface area contributed by atoms with E-state index in [4.69, 9.17) is 5.73 Å². The first kappa shape index (κ1) is 14.1. The summed E-state index contributed by atoms with van der Waals surface area (Å²) >= 11 is 0. The molecule has 5 heteroatoms. The molecule has 0 spiro atoms. The number of hydrogen-bond acceptors (Lipinski definition) is 4. The number of aromatic nitrogens is 3. The number of nitrogens with zero attached hydrogens (tertiary/aromatic N) is 4. The summed E-state index contributed by atoms with van der Waals surface area (Å²) in [5.74, 6) is 1.03. The maximum Gasteiger partial charge on any atom is 0.146 e. The Kier molecular flexibility index (Phi) is 3.92. The van der Waals surface area contributed by atoms with Crippen molar-refractivity contribution in [3.8, 4) is 0 Å². The van der Waals surface area contributed by atoms with E-state index in [9.17, 15) is 0 Å². The highest BCUT2D eigenvalue weighted by molar-refractivity contribution is 5.49. The molecule has 1 aromatic carbocycles. The van der Waals surface area contributed by atoms with Crippen LogP contribution >= 0.6 is 0 Å². The summed E-state index contributed by atoms with van der Waals surface area (Å²) < 4.78 is 2.00. The zero-order valence-electron chi connectivity index (χ0n) is 12.7. The molecule has 3 rings (SSSR count). The second-order valence-electron chi connectivity index (χ2n) is 5.94. The summed E-state index contributed by atoms with van der Waals surface area (Å²) in [5, 5.41) is 4.33. The molecule has 2 N–H and O–H groups in total. The van der Waals surface area contributed by atoms with Crippen LogP contribution in [0.15, 0.2) is 30.6 Å². The normalized spacial score (nSPS) is 14.7. The molecule has 0 aliphatic heterocycles. The van der Waals surface area contributed by atoms with Crippen molar-refractivity contribution in [3.05, 3.63) is 42.0 Å². The first-order valence-electron chi connectivity index (χ1n) is 7.63. The molecule has 5 nitrogen and oxygen atoms in total. The van der Waals surface area contributed by atoms with E-state index in [1.54, 1.807) is 6.33 Å². The van der Waals surface area contributed by atoms with Crippen LogP contribution in [0.4, 0.5) is 5.69 Å². The van der Waals surface area contributed by atoms with Gasteiger partial charge in [-0.25, -0.2) is 9.67 Å². The second kappa shape index (κ2) is 5.85. The van der Waals surface area contributed by atoms with Crippen molar-refractivity contribution < 1.29 is 0 Å². The second-order valence-corrected chi connectivity index (χ2v) is 5.94. The van der Waals surface area contributed by atoms with Crippen LogP contribution in [-0.2, 0) is 13.1 Å². The van der Waals surface area contributed by atoms with Crippen LogP contribution in [0.1, 0.15) is 44.1 Å². The maximum absolute atomic E-state index is 5.68. The average molecular weight is 285 g/mol. The van der Waals surface area contributed by atoms with Gasteiger partial charge in [0.1, 0.15) is 12.2 Å². The predicted molar refractivity (Wildman–Crippen MR) is 83.9 cm³/mol. The topological polar surface area (TPSA) is 60.0 Å². The molecule has 1 saturated carbocycles. The molecule has 1 heterocycles. The summed E-state index contributed by atoms with van der Waals surface area (Å²) in [6.07, 6.45) is 4.17. The van der Waals surface area contributed by atoms with Gasteiger partial charge in [0.05, 0.1) is 6.54 Å². The van der Waals surface area contributed by atoms with E-state index in [0.717, 1.165) is 12.4 Å². The zero-order valence-corrected chi connectivity index (χ0v) is 12.7. The third kappa shape index (κ3) is 3.08. The first-order valence-corrected chi connectivity index (χ1v) is 7.63. The van der Waals surface area contributed by atoms with E-state index in [-0.39, 0.29) is 0 Å². The molecule has 0 atom stereocenters. The van der Waals surface area contributed by atoms with E-state index >= 15 is 0 Å². The Morgan fingerprint density at radius 2 is 2.00 bits per heavy atom. The van der Waals surface area contributed by atoms with E-state index in [0.29, 0.717) is 18.6 Å². The van der Waals surface area contributed by atoms with Gasteiger partial charge in [-0.15, -0.1) is 0 Å². The van der Waals surface area contributed by atoms with Crippen molar-refractivity contribution in [2.24, 2.45) is 5.73 Å². The van der Waals surface area contributed by atoms with Gasteiger partial charge in [-0.2, -0.15) is 5.10 Å². The summed E-state index contributed by atoms with van der Waals surface area (Å²) in [4.78, 5) is 6.87. The van der Waals surface area contributed by atoms with Crippen LogP contribution in [0, 0.1) is 0 Å². The molecule has 1 aliphatic carbocycles. The van der Waals surface area contributed by atoms with Crippen molar-refractivity contribution in [2.45, 2.75) is 51.9 Å². The van der Waals surface area contributed by atoms with E-state index < -0.39 is 0 Å². The summed E-state index contributed by atoms with van der Waals surface area (Å²) in [6, 6.07) is 9.51. The molecule has 1 fully saturated rings. The van der Waals surface area contributed by atoms with Crippen molar-refractivity contribution in [2.75, 3.05) is 4.90 Å². The Morgan fingerprint density at radius 1 is 1.29 bits per heavy atom. The number of anilines is 1. The number of benzene rings is 1. The fraction of sp³-hybridized carbons (Fsp3) is 0.500. The van der Waals surface area contributed by atoms with Gasteiger partial charge in [-0.3, -0.25) is 0 Å². The quantitative estimate of drug-likeness (QED) is 0.886. The van der Waals surface area contributed by atoms with E-state index in [1.165, 1.54) is 24.1 Å². The molecule has 2 aromatic rings. The Bertz CT molecular complexity index is 583. The summed E-state index contributed by atoms with van der Waals surface area (Å²) in [6.45, 7) is 5.67. The lowest BCUT2D eigenvalue weighted by Gasteiger charge is -2.25. The molecule has 21 heavy (non-hydrogen) atoms. The summed E-state index contributed by atoms with van der Waals surface area (Å²) in [7, 11) is 0. The van der Waals surface area contributed by atoms with Crippen LogP contribution < -0.4 is 10.6 Å². The van der Waals surface area contributed by atoms with E-state index in [1.807, 2.05) is 4.68 Å². The molecule has 0 radical (unpaired) electrons. The van der Waals surface area contributed by atoms with Crippen molar-refractivity contribution in [1.82, 2.24) is 14.8 Å². The van der Waals surface area contributed by atoms with Gasteiger partial charge < -0.3 is 10.6 Å². The van der Waals surface area contributed by atoms with Crippen LogP contribution in [-0.4, -0.2) is 20.8 Å². The van der Waals surface area contributed by atoms with Gasteiger partial charge in [0.2, 0.25) is 0 Å². The molecule has 0 amide bonds. The average Bonchev–Trinajstić information content (AvgIpc) is 3.23. The minimum atomic E-state index is 0.336. The van der Waals surface area contributed by atoms with Crippen molar-refractivity contribution in [3.63, 3.8) is 0 Å². The Labute approximate surface area is 125 Å². The number of rotatable bonds is 6. The SMILES string of the molecule is CC(C)n1ncnc1CN(c1ccc(CN)cc1)C1CC1. The minimum Gasteiger partial charge on any atom is -0.361 e. The van der Waals surface area contributed by atoms with Crippen LogP contribution in [0.25, 0.3) is 0 Å². The molecule has 0 bridgehead atoms. The largest absolute Gasteiger partial charge is 0.361 e. The lowest BCUT2D eigenvalue weighted by Crippen LogP contribution is -2.27. The third-order valence-corrected chi connectivity index (χ3v) is 3.94. The molecular formula is C16H23N5. The Morgan fingerprint density at radius 3 is 2.57 bits per heavy atom. The fourth-order valence-corrected chi connectivity index (χ4v) is 2.61. The molecule has 0 saturated heterocycles. The lowest BCUT2D eigenvalue weighted by atomic mass is 10.2. The van der Waals surface area contributed by atoms with Crippen molar-refractivity contribution in [1.29, 1.82) is 0 Å². The maximum atomic E-state index is 5.68. The van der Waals surface area contributed by atoms with Crippen LogP contribution in [0.5, 0.6) is 0 Å². The highest BCUT2D eigenvalue weighted by atomic mass is 15.4. The molecule has 0 unspecified atom stereocenters. The molecular weight excluding hydrogens is 262 g/mol. The first-order chi connectivity index (χ1) is 10.2. The smallest absolute Gasteiger partial charge is 0.146 e. The standard InChI is InChI=1S/C16H23N5/c1-12(2)21-16(18-11-19-21)10-20(15-7-8-15)14-5-3-13(9-17)4-6-14/h3-6,11-12,15H,7-10,17H2,1-2H3. The lowest BCUT2D eigenvalue weighted by molar-refractivity contribution is 0.500. The highest BCUT2D eigenvalue weighted by Gasteiger charge is 2.30. The van der Waals surface area contributed by atoms with Crippen LogP contribution in [0.2, 0.25) is 0 Å². The highest BCUT2D eigenvalue weighted by Crippen LogP contribution is 2.33. The molecule has 112 valence electrons. The summed E-state index contributed by atoms with van der Waals surface area (Å²) in [5.41, 5.74) is 8.09.